The summed E-state index contributed by atoms with van der Waals surface area (Å²) in [4.78, 5) is 11.4. The Morgan fingerprint density at radius 3 is 1.86 bits per heavy atom. The third-order valence-electron chi connectivity index (χ3n) is 2.70. The smallest absolute Gasteiger partial charge is 0.351 e. The minimum atomic E-state index is -4.94. The molecular weight excluding hydrogens is 316 g/mol. The van der Waals surface area contributed by atoms with E-state index in [1.165, 1.54) is 0 Å². The standard InChI is InChI=1S/C12H13F6N3O/c13-11(14,15)7-1-6(2-8(3-7)12(16,17)18)5-21-10(22)9(20)4-19/h1-3,9H,4-5,19-20H2,(H,21,22). The van der Waals surface area contributed by atoms with Crippen LogP contribution >= 0.6 is 0 Å². The van der Waals surface area contributed by atoms with Gasteiger partial charge in [0.25, 0.3) is 0 Å². The molecule has 5 N–H and O–H groups in total. The highest BCUT2D eigenvalue weighted by atomic mass is 19.4. The number of nitrogens with two attached hydrogens (primary N) is 2. The Bertz CT molecular complexity index is 508. The van der Waals surface area contributed by atoms with Crippen molar-refractivity contribution in [2.45, 2.75) is 24.9 Å². The second-order valence-electron chi connectivity index (χ2n) is 4.47. The van der Waals surface area contributed by atoms with E-state index in [2.05, 4.69) is 5.32 Å². The van der Waals surface area contributed by atoms with Crippen molar-refractivity contribution in [2.24, 2.45) is 11.5 Å². The van der Waals surface area contributed by atoms with Crippen molar-refractivity contribution in [3.8, 4) is 0 Å². The highest BCUT2D eigenvalue weighted by molar-refractivity contribution is 5.81. The van der Waals surface area contributed by atoms with Gasteiger partial charge in [-0.15, -0.1) is 0 Å². The molecule has 4 nitrogen and oxygen atoms in total. The van der Waals surface area contributed by atoms with Gasteiger partial charge in [0.2, 0.25) is 5.91 Å². The van der Waals surface area contributed by atoms with Crippen LogP contribution in [0.5, 0.6) is 0 Å². The van der Waals surface area contributed by atoms with Crippen LogP contribution in [0, 0.1) is 0 Å². The quantitative estimate of drug-likeness (QED) is 0.735. The summed E-state index contributed by atoms with van der Waals surface area (Å²) >= 11 is 0. The van der Waals surface area contributed by atoms with Gasteiger partial charge in [0.15, 0.2) is 0 Å². The molecule has 0 aliphatic rings. The topological polar surface area (TPSA) is 81.1 Å². The van der Waals surface area contributed by atoms with Gasteiger partial charge in [-0.2, -0.15) is 26.3 Å². The Labute approximate surface area is 121 Å². The first-order valence-corrected chi connectivity index (χ1v) is 5.97. The highest BCUT2D eigenvalue weighted by Gasteiger charge is 2.36. The normalized spacial score (nSPS) is 13.8. The van der Waals surface area contributed by atoms with Crippen LogP contribution in [0.25, 0.3) is 0 Å². The maximum absolute atomic E-state index is 12.6. The molecule has 1 aromatic rings. The van der Waals surface area contributed by atoms with E-state index in [4.69, 9.17) is 11.5 Å². The molecule has 0 fully saturated rings. The maximum Gasteiger partial charge on any atom is 0.416 e. The summed E-state index contributed by atoms with van der Waals surface area (Å²) in [5, 5.41) is 2.13. The third-order valence-corrected chi connectivity index (χ3v) is 2.70. The van der Waals surface area contributed by atoms with Crippen LogP contribution in [0.15, 0.2) is 18.2 Å². The van der Waals surface area contributed by atoms with Gasteiger partial charge in [0, 0.05) is 13.1 Å². The van der Waals surface area contributed by atoms with Gasteiger partial charge in [0.05, 0.1) is 17.2 Å². The van der Waals surface area contributed by atoms with Crippen LogP contribution in [0.4, 0.5) is 26.3 Å². The molecule has 1 aromatic carbocycles. The van der Waals surface area contributed by atoms with E-state index in [0.29, 0.717) is 12.1 Å². The van der Waals surface area contributed by atoms with Crippen LogP contribution in [-0.4, -0.2) is 18.5 Å². The lowest BCUT2D eigenvalue weighted by Gasteiger charge is -2.15. The predicted molar refractivity (Wildman–Crippen MR) is 65.3 cm³/mol. The SMILES string of the molecule is NCC(N)C(=O)NCc1cc(C(F)(F)F)cc(C(F)(F)F)c1. The maximum atomic E-state index is 12.6. The number of benzene rings is 1. The third kappa shape index (κ3) is 4.88. The monoisotopic (exact) mass is 329 g/mol. The minimum absolute atomic E-state index is 0.0109. The van der Waals surface area contributed by atoms with Crippen LogP contribution < -0.4 is 16.8 Å². The van der Waals surface area contributed by atoms with Gasteiger partial charge in [0.1, 0.15) is 0 Å². The number of carbonyl (C=O) groups excluding carboxylic acids is 1. The average Bonchev–Trinajstić information content (AvgIpc) is 2.41. The second kappa shape index (κ2) is 6.53. The van der Waals surface area contributed by atoms with Crippen molar-refractivity contribution >= 4 is 5.91 Å². The van der Waals surface area contributed by atoms with Crippen molar-refractivity contribution in [3.63, 3.8) is 0 Å². The van der Waals surface area contributed by atoms with E-state index < -0.39 is 42.0 Å². The van der Waals surface area contributed by atoms with Gasteiger partial charge < -0.3 is 16.8 Å². The molecular formula is C12H13F6N3O. The van der Waals surface area contributed by atoms with E-state index in [9.17, 15) is 31.1 Å². The van der Waals surface area contributed by atoms with Gasteiger partial charge in [-0.05, 0) is 23.8 Å². The molecule has 0 saturated heterocycles. The number of hydrogen-bond donors (Lipinski definition) is 3. The molecule has 1 atom stereocenters. The van der Waals surface area contributed by atoms with Crippen molar-refractivity contribution in [3.05, 3.63) is 34.9 Å². The molecule has 1 unspecified atom stereocenters. The second-order valence-corrected chi connectivity index (χ2v) is 4.47. The summed E-state index contributed by atoms with van der Waals surface area (Å²) < 4.78 is 75.8. The Morgan fingerprint density at radius 1 is 1.05 bits per heavy atom. The first kappa shape index (κ1) is 18.2. The van der Waals surface area contributed by atoms with Gasteiger partial charge in [-0.1, -0.05) is 0 Å². The molecule has 0 spiro atoms. The van der Waals surface area contributed by atoms with E-state index in [1.54, 1.807) is 0 Å². The van der Waals surface area contributed by atoms with Crippen molar-refractivity contribution in [1.29, 1.82) is 0 Å². The summed E-state index contributed by atoms with van der Waals surface area (Å²) in [6.45, 7) is -0.734. The van der Waals surface area contributed by atoms with Crippen molar-refractivity contribution in [1.82, 2.24) is 5.32 Å². The molecule has 124 valence electrons. The Morgan fingerprint density at radius 2 is 1.50 bits per heavy atom. The van der Waals surface area contributed by atoms with Crippen LogP contribution in [0.3, 0.4) is 0 Å². The zero-order chi connectivity index (χ0) is 17.1. The molecule has 0 aromatic heterocycles. The van der Waals surface area contributed by atoms with Crippen molar-refractivity contribution < 1.29 is 31.1 Å². The number of rotatable bonds is 4. The van der Waals surface area contributed by atoms with Crippen LogP contribution in [0.1, 0.15) is 16.7 Å². The molecule has 0 radical (unpaired) electrons. The Hall–Kier alpha value is -1.81. The lowest BCUT2D eigenvalue weighted by Crippen LogP contribution is -2.45. The number of halogens is 6. The average molecular weight is 329 g/mol. The summed E-state index contributed by atoms with van der Waals surface area (Å²) in [5.41, 5.74) is 7.16. The summed E-state index contributed by atoms with van der Waals surface area (Å²) in [6.07, 6.45) is -9.87. The fourth-order valence-corrected chi connectivity index (χ4v) is 1.55. The summed E-state index contributed by atoms with van der Waals surface area (Å²) in [6, 6.07) is -0.0166. The first-order valence-electron chi connectivity index (χ1n) is 5.97. The number of carbonyl (C=O) groups is 1. The molecule has 0 aliphatic carbocycles. The fraction of sp³-hybridized carbons (Fsp3) is 0.417. The molecule has 10 heteroatoms. The van der Waals surface area contributed by atoms with Crippen molar-refractivity contribution in [2.75, 3.05) is 6.54 Å². The van der Waals surface area contributed by atoms with E-state index in [1.807, 2.05) is 0 Å². The Kier molecular flexibility index (Phi) is 5.41. The lowest BCUT2D eigenvalue weighted by molar-refractivity contribution is -0.143. The lowest BCUT2D eigenvalue weighted by atomic mass is 10.0. The number of hydrogen-bond acceptors (Lipinski definition) is 3. The number of nitrogens with one attached hydrogen (secondary N) is 1. The zero-order valence-corrected chi connectivity index (χ0v) is 11.1. The van der Waals surface area contributed by atoms with E-state index in [-0.39, 0.29) is 18.2 Å². The van der Waals surface area contributed by atoms with Gasteiger partial charge in [-0.25, -0.2) is 0 Å². The zero-order valence-electron chi connectivity index (χ0n) is 11.1. The highest BCUT2D eigenvalue weighted by Crippen LogP contribution is 2.36. The number of alkyl halides is 6. The Balaban J connectivity index is 3.06. The van der Waals surface area contributed by atoms with Crippen LogP contribution in [-0.2, 0) is 23.7 Å². The predicted octanol–water partition coefficient (Wildman–Crippen LogP) is 1.63. The molecule has 0 heterocycles. The minimum Gasteiger partial charge on any atom is -0.351 e. The summed E-state index contributed by atoms with van der Waals surface area (Å²) in [7, 11) is 0. The molecule has 1 rings (SSSR count). The molecule has 0 bridgehead atoms. The largest absolute Gasteiger partial charge is 0.416 e. The number of amides is 1. The van der Waals surface area contributed by atoms with Gasteiger partial charge >= 0.3 is 12.4 Å². The van der Waals surface area contributed by atoms with Crippen LogP contribution in [0.2, 0.25) is 0 Å². The van der Waals surface area contributed by atoms with E-state index >= 15 is 0 Å². The van der Waals surface area contributed by atoms with Gasteiger partial charge in [-0.3, -0.25) is 4.79 Å². The fourth-order valence-electron chi connectivity index (χ4n) is 1.55. The molecule has 0 aliphatic heterocycles. The molecule has 0 saturated carbocycles. The summed E-state index contributed by atoms with van der Waals surface area (Å²) in [5.74, 6) is -0.770. The van der Waals surface area contributed by atoms with E-state index in [0.717, 1.165) is 0 Å². The molecule has 22 heavy (non-hydrogen) atoms. The molecule has 1 amide bonds. The first-order chi connectivity index (χ1) is 9.95.